The molecule has 0 atom stereocenters. The molecule has 0 saturated carbocycles. The molecule has 88 valence electrons. The van der Waals surface area contributed by atoms with Gasteiger partial charge < -0.3 is 15.7 Å². The van der Waals surface area contributed by atoms with E-state index < -0.39 is 0 Å². The van der Waals surface area contributed by atoms with Crippen molar-refractivity contribution in [1.82, 2.24) is 9.97 Å². The molecule has 16 heavy (non-hydrogen) atoms. The summed E-state index contributed by atoms with van der Waals surface area (Å²) in [5.41, 5.74) is 5.70. The van der Waals surface area contributed by atoms with Gasteiger partial charge in [-0.1, -0.05) is 0 Å². The number of rotatable bonds is 2. The van der Waals surface area contributed by atoms with E-state index in [-0.39, 0.29) is 0 Å². The number of aromatic nitrogens is 2. The second-order valence-corrected chi connectivity index (χ2v) is 4.31. The molecule has 3 N–H and O–H groups in total. The van der Waals surface area contributed by atoms with Crippen LogP contribution in [0, 0.1) is 12.8 Å². The van der Waals surface area contributed by atoms with Crippen LogP contribution in [0.4, 0.5) is 11.6 Å². The van der Waals surface area contributed by atoms with Crippen molar-refractivity contribution >= 4 is 11.6 Å². The maximum atomic E-state index is 9.07. The Bertz CT molecular complexity index is 341. The number of aryl methyl sites for hydroxylation is 1. The highest BCUT2D eigenvalue weighted by molar-refractivity contribution is 5.47. The van der Waals surface area contributed by atoms with E-state index in [2.05, 4.69) is 14.9 Å². The van der Waals surface area contributed by atoms with Gasteiger partial charge in [-0.05, 0) is 25.7 Å². The van der Waals surface area contributed by atoms with Crippen LogP contribution in [0.3, 0.4) is 0 Å². The van der Waals surface area contributed by atoms with E-state index in [1.54, 1.807) is 0 Å². The lowest BCUT2D eigenvalue weighted by Gasteiger charge is -2.32. The Morgan fingerprint density at radius 1 is 1.44 bits per heavy atom. The Morgan fingerprint density at radius 3 is 2.69 bits per heavy atom. The Balaban J connectivity index is 2.08. The monoisotopic (exact) mass is 222 g/mol. The fourth-order valence-electron chi connectivity index (χ4n) is 2.08. The lowest BCUT2D eigenvalue weighted by Crippen LogP contribution is -2.35. The summed E-state index contributed by atoms with van der Waals surface area (Å²) in [4.78, 5) is 10.6. The van der Waals surface area contributed by atoms with Gasteiger partial charge in [0.05, 0.1) is 0 Å². The van der Waals surface area contributed by atoms with Crippen molar-refractivity contribution in [3.8, 4) is 0 Å². The van der Waals surface area contributed by atoms with E-state index >= 15 is 0 Å². The molecular weight excluding hydrogens is 204 g/mol. The number of aliphatic hydroxyl groups is 1. The molecular formula is C11H18N4O. The summed E-state index contributed by atoms with van der Waals surface area (Å²) in [5, 5.41) is 9.07. The van der Waals surface area contributed by atoms with Crippen molar-refractivity contribution in [2.45, 2.75) is 19.8 Å². The van der Waals surface area contributed by atoms with Gasteiger partial charge in [-0.2, -0.15) is 0 Å². The van der Waals surface area contributed by atoms with E-state index in [0.29, 0.717) is 24.2 Å². The van der Waals surface area contributed by atoms with Crippen molar-refractivity contribution in [2.75, 3.05) is 30.3 Å². The van der Waals surface area contributed by atoms with Crippen LogP contribution < -0.4 is 10.6 Å². The van der Waals surface area contributed by atoms with Crippen molar-refractivity contribution in [3.63, 3.8) is 0 Å². The summed E-state index contributed by atoms with van der Waals surface area (Å²) in [5.74, 6) is 2.57. The van der Waals surface area contributed by atoms with Gasteiger partial charge >= 0.3 is 0 Å². The van der Waals surface area contributed by atoms with E-state index in [9.17, 15) is 0 Å². The van der Waals surface area contributed by atoms with Crippen LogP contribution in [0.2, 0.25) is 0 Å². The molecule has 5 nitrogen and oxygen atoms in total. The molecule has 2 rings (SSSR count). The standard InChI is InChI=1S/C11H18N4O/c1-8-13-10(12)6-11(14-8)15-4-2-9(7-16)3-5-15/h6,9,16H,2-5,7H2,1H3,(H2,12,13,14). The summed E-state index contributed by atoms with van der Waals surface area (Å²) < 4.78 is 0. The summed E-state index contributed by atoms with van der Waals surface area (Å²) >= 11 is 0. The topological polar surface area (TPSA) is 75.3 Å². The molecule has 0 bridgehead atoms. The SMILES string of the molecule is Cc1nc(N)cc(N2CCC(CO)CC2)n1. The normalized spacial score (nSPS) is 17.8. The molecule has 1 saturated heterocycles. The highest BCUT2D eigenvalue weighted by atomic mass is 16.3. The largest absolute Gasteiger partial charge is 0.396 e. The van der Waals surface area contributed by atoms with Crippen molar-refractivity contribution < 1.29 is 5.11 Å². The van der Waals surface area contributed by atoms with Crippen LogP contribution in [-0.2, 0) is 0 Å². The smallest absolute Gasteiger partial charge is 0.134 e. The van der Waals surface area contributed by atoms with Crippen molar-refractivity contribution in [1.29, 1.82) is 0 Å². The first-order chi connectivity index (χ1) is 7.69. The molecule has 0 unspecified atom stereocenters. The Kier molecular flexibility index (Phi) is 3.24. The maximum Gasteiger partial charge on any atom is 0.134 e. The minimum atomic E-state index is 0.290. The third-order valence-corrected chi connectivity index (χ3v) is 3.04. The summed E-state index contributed by atoms with van der Waals surface area (Å²) in [6.45, 7) is 4.00. The lowest BCUT2D eigenvalue weighted by molar-refractivity contribution is 0.203. The van der Waals surface area contributed by atoms with E-state index in [0.717, 1.165) is 31.7 Å². The first-order valence-electron chi connectivity index (χ1n) is 5.66. The van der Waals surface area contributed by atoms with E-state index in [1.807, 2.05) is 13.0 Å². The number of hydrogen-bond donors (Lipinski definition) is 2. The van der Waals surface area contributed by atoms with Gasteiger partial charge in [0.1, 0.15) is 17.5 Å². The second-order valence-electron chi connectivity index (χ2n) is 4.31. The molecule has 2 heterocycles. The first-order valence-corrected chi connectivity index (χ1v) is 5.66. The Labute approximate surface area is 95.3 Å². The third-order valence-electron chi connectivity index (χ3n) is 3.04. The van der Waals surface area contributed by atoms with Gasteiger partial charge in [-0.3, -0.25) is 0 Å². The van der Waals surface area contributed by atoms with Gasteiger partial charge in [-0.15, -0.1) is 0 Å². The second kappa shape index (κ2) is 4.65. The molecule has 0 aromatic carbocycles. The fraction of sp³-hybridized carbons (Fsp3) is 0.636. The van der Waals surface area contributed by atoms with Crippen LogP contribution >= 0.6 is 0 Å². The van der Waals surface area contributed by atoms with E-state index in [4.69, 9.17) is 10.8 Å². The first kappa shape index (κ1) is 11.1. The fourth-order valence-corrected chi connectivity index (χ4v) is 2.08. The summed E-state index contributed by atoms with van der Waals surface area (Å²) in [7, 11) is 0. The maximum absolute atomic E-state index is 9.07. The highest BCUT2D eigenvalue weighted by Crippen LogP contribution is 2.22. The summed E-state index contributed by atoms with van der Waals surface area (Å²) in [6, 6.07) is 1.81. The predicted octanol–water partition coefficient (Wildman–Crippen LogP) is 0.576. The molecule has 1 aliphatic heterocycles. The van der Waals surface area contributed by atoms with Gasteiger partial charge in [0, 0.05) is 25.8 Å². The van der Waals surface area contributed by atoms with E-state index in [1.165, 1.54) is 0 Å². The zero-order valence-corrected chi connectivity index (χ0v) is 9.56. The number of hydrogen-bond acceptors (Lipinski definition) is 5. The quantitative estimate of drug-likeness (QED) is 0.765. The number of nitrogens with two attached hydrogens (primary N) is 1. The Morgan fingerprint density at radius 2 is 2.12 bits per heavy atom. The molecule has 1 aromatic heterocycles. The third kappa shape index (κ3) is 2.41. The van der Waals surface area contributed by atoms with Gasteiger partial charge in [-0.25, -0.2) is 9.97 Å². The van der Waals surface area contributed by atoms with Crippen LogP contribution in [0.5, 0.6) is 0 Å². The van der Waals surface area contributed by atoms with Gasteiger partial charge in [0.15, 0.2) is 0 Å². The van der Waals surface area contributed by atoms with Gasteiger partial charge in [0.2, 0.25) is 0 Å². The molecule has 0 amide bonds. The van der Waals surface area contributed by atoms with Crippen LogP contribution in [0.1, 0.15) is 18.7 Å². The zero-order valence-electron chi connectivity index (χ0n) is 9.56. The average Bonchev–Trinajstić information content (AvgIpc) is 2.28. The molecule has 1 aromatic rings. The number of piperidine rings is 1. The lowest BCUT2D eigenvalue weighted by atomic mass is 9.98. The predicted molar refractivity (Wildman–Crippen MR) is 63.2 cm³/mol. The minimum Gasteiger partial charge on any atom is -0.396 e. The average molecular weight is 222 g/mol. The molecule has 1 fully saturated rings. The van der Waals surface area contributed by atoms with Crippen molar-refractivity contribution in [3.05, 3.63) is 11.9 Å². The number of anilines is 2. The minimum absolute atomic E-state index is 0.290. The molecule has 0 aliphatic carbocycles. The number of aliphatic hydroxyl groups excluding tert-OH is 1. The van der Waals surface area contributed by atoms with Crippen LogP contribution in [-0.4, -0.2) is 34.8 Å². The summed E-state index contributed by atoms with van der Waals surface area (Å²) in [6.07, 6.45) is 2.03. The number of nitrogens with zero attached hydrogens (tertiary/aromatic N) is 3. The molecule has 0 spiro atoms. The van der Waals surface area contributed by atoms with Crippen LogP contribution in [0.25, 0.3) is 0 Å². The zero-order chi connectivity index (χ0) is 11.5. The molecule has 1 aliphatic rings. The van der Waals surface area contributed by atoms with Crippen LogP contribution in [0.15, 0.2) is 6.07 Å². The Hall–Kier alpha value is -1.36. The van der Waals surface area contributed by atoms with Crippen molar-refractivity contribution in [2.24, 2.45) is 5.92 Å². The van der Waals surface area contributed by atoms with Gasteiger partial charge in [0.25, 0.3) is 0 Å². The molecule has 0 radical (unpaired) electrons. The number of nitrogen functional groups attached to an aromatic ring is 1. The highest BCUT2D eigenvalue weighted by Gasteiger charge is 2.19. The molecule has 5 heteroatoms.